The van der Waals surface area contributed by atoms with Crippen LogP contribution in [0.15, 0.2) is 54.7 Å². The number of aliphatic hydroxyl groups is 1. The Labute approximate surface area is 117 Å². The Morgan fingerprint density at radius 2 is 1.80 bits per heavy atom. The average molecular weight is 267 g/mol. The van der Waals surface area contributed by atoms with E-state index in [1.807, 2.05) is 54.7 Å². The molecule has 102 valence electrons. The number of benzene rings is 2. The van der Waals surface area contributed by atoms with Gasteiger partial charge in [-0.1, -0.05) is 30.3 Å². The second-order valence-corrected chi connectivity index (χ2v) is 4.90. The summed E-state index contributed by atoms with van der Waals surface area (Å²) in [4.78, 5) is 3.15. The fourth-order valence-corrected chi connectivity index (χ4v) is 2.40. The summed E-state index contributed by atoms with van der Waals surface area (Å²) < 4.78 is 5.09. The number of aliphatic hydroxyl groups excluding tert-OH is 1. The van der Waals surface area contributed by atoms with Crippen LogP contribution in [-0.4, -0.2) is 17.2 Å². The van der Waals surface area contributed by atoms with E-state index in [0.29, 0.717) is 6.61 Å². The number of aromatic nitrogens is 1. The van der Waals surface area contributed by atoms with Crippen LogP contribution < -0.4 is 0 Å². The summed E-state index contributed by atoms with van der Waals surface area (Å²) in [5.74, 6) is 0. The first kappa shape index (κ1) is 12.9. The molecule has 0 radical (unpaired) electrons. The fourth-order valence-electron chi connectivity index (χ4n) is 2.40. The van der Waals surface area contributed by atoms with Gasteiger partial charge in [-0.2, -0.15) is 0 Å². The molecular weight excluding hydrogens is 250 g/mol. The molecule has 3 rings (SSSR count). The summed E-state index contributed by atoms with van der Waals surface area (Å²) in [5.41, 5.74) is 3.97. The Morgan fingerprint density at radius 3 is 2.55 bits per heavy atom. The van der Waals surface area contributed by atoms with Crippen LogP contribution in [0, 0.1) is 0 Å². The van der Waals surface area contributed by atoms with Crippen molar-refractivity contribution in [3.8, 4) is 0 Å². The third-order valence-electron chi connectivity index (χ3n) is 3.50. The van der Waals surface area contributed by atoms with Crippen LogP contribution in [0.5, 0.6) is 0 Å². The number of fused-ring (bicyclic) bond motifs is 1. The summed E-state index contributed by atoms with van der Waals surface area (Å²) in [6.07, 6.45) is 1.30. The maximum Gasteiger partial charge on any atom is 0.104 e. The van der Waals surface area contributed by atoms with E-state index in [0.717, 1.165) is 27.6 Å². The van der Waals surface area contributed by atoms with E-state index in [1.165, 1.54) is 0 Å². The fraction of sp³-hybridized carbons (Fsp3) is 0.176. The Kier molecular flexibility index (Phi) is 3.54. The van der Waals surface area contributed by atoms with E-state index < -0.39 is 6.10 Å². The standard InChI is InChI=1S/C17H17NO2/c1-20-11-12-2-4-13(5-3-12)17(19)15-6-7-16-14(10-15)8-9-18-16/h2-10,17-19H,11H2,1H3. The second kappa shape index (κ2) is 5.49. The van der Waals surface area contributed by atoms with Crippen molar-refractivity contribution in [1.29, 1.82) is 0 Å². The molecule has 3 nitrogen and oxygen atoms in total. The van der Waals surface area contributed by atoms with Crippen molar-refractivity contribution in [2.24, 2.45) is 0 Å². The third-order valence-corrected chi connectivity index (χ3v) is 3.50. The Morgan fingerprint density at radius 1 is 1.05 bits per heavy atom. The first-order valence-electron chi connectivity index (χ1n) is 6.61. The number of hydrogen-bond donors (Lipinski definition) is 2. The quantitative estimate of drug-likeness (QED) is 0.761. The van der Waals surface area contributed by atoms with Crippen molar-refractivity contribution in [3.63, 3.8) is 0 Å². The molecule has 2 aromatic carbocycles. The first-order valence-corrected chi connectivity index (χ1v) is 6.61. The molecule has 0 aliphatic heterocycles. The van der Waals surface area contributed by atoms with E-state index in [9.17, 15) is 5.11 Å². The molecule has 1 atom stereocenters. The summed E-state index contributed by atoms with van der Waals surface area (Å²) in [6.45, 7) is 0.589. The van der Waals surface area contributed by atoms with Gasteiger partial charge in [0.15, 0.2) is 0 Å². The largest absolute Gasteiger partial charge is 0.384 e. The molecule has 1 aromatic heterocycles. The molecule has 20 heavy (non-hydrogen) atoms. The molecule has 0 saturated carbocycles. The molecule has 3 aromatic rings. The molecule has 0 aliphatic rings. The Hall–Kier alpha value is -2.10. The van der Waals surface area contributed by atoms with Crippen LogP contribution in [0.25, 0.3) is 10.9 Å². The monoisotopic (exact) mass is 267 g/mol. The summed E-state index contributed by atoms with van der Waals surface area (Å²) in [6, 6.07) is 15.8. The highest BCUT2D eigenvalue weighted by atomic mass is 16.5. The van der Waals surface area contributed by atoms with Gasteiger partial charge in [0.1, 0.15) is 6.10 Å². The number of ether oxygens (including phenoxy) is 1. The van der Waals surface area contributed by atoms with E-state index in [2.05, 4.69) is 4.98 Å². The number of rotatable bonds is 4. The summed E-state index contributed by atoms with van der Waals surface area (Å²) in [5, 5.41) is 11.6. The molecule has 2 N–H and O–H groups in total. The van der Waals surface area contributed by atoms with E-state index in [-0.39, 0.29) is 0 Å². The van der Waals surface area contributed by atoms with Crippen molar-refractivity contribution >= 4 is 10.9 Å². The molecule has 0 saturated heterocycles. The average Bonchev–Trinajstić information content (AvgIpc) is 2.95. The van der Waals surface area contributed by atoms with E-state index >= 15 is 0 Å². The predicted octanol–water partition coefficient (Wildman–Crippen LogP) is 3.40. The Balaban J connectivity index is 1.88. The topological polar surface area (TPSA) is 45.2 Å². The minimum atomic E-state index is -0.606. The van der Waals surface area contributed by atoms with Gasteiger partial charge in [-0.15, -0.1) is 0 Å². The van der Waals surface area contributed by atoms with Gasteiger partial charge in [0, 0.05) is 18.8 Å². The zero-order chi connectivity index (χ0) is 13.9. The number of H-pyrrole nitrogens is 1. The smallest absolute Gasteiger partial charge is 0.104 e. The van der Waals surface area contributed by atoms with Gasteiger partial charge in [0.25, 0.3) is 0 Å². The Bertz CT molecular complexity index is 700. The van der Waals surface area contributed by atoms with Crippen LogP contribution in [0.3, 0.4) is 0 Å². The third kappa shape index (κ3) is 2.46. The lowest BCUT2D eigenvalue weighted by molar-refractivity contribution is 0.184. The minimum absolute atomic E-state index is 0.589. The van der Waals surface area contributed by atoms with Crippen LogP contribution in [0.4, 0.5) is 0 Å². The molecule has 1 heterocycles. The summed E-state index contributed by atoms with van der Waals surface area (Å²) >= 11 is 0. The minimum Gasteiger partial charge on any atom is -0.384 e. The highest BCUT2D eigenvalue weighted by molar-refractivity contribution is 5.80. The predicted molar refractivity (Wildman–Crippen MR) is 79.5 cm³/mol. The van der Waals surface area contributed by atoms with Gasteiger partial charge < -0.3 is 14.8 Å². The zero-order valence-electron chi connectivity index (χ0n) is 11.3. The highest BCUT2D eigenvalue weighted by Crippen LogP contribution is 2.25. The molecule has 0 aliphatic carbocycles. The van der Waals surface area contributed by atoms with Gasteiger partial charge in [-0.05, 0) is 40.3 Å². The first-order chi connectivity index (χ1) is 9.78. The van der Waals surface area contributed by atoms with Gasteiger partial charge >= 0.3 is 0 Å². The molecule has 1 unspecified atom stereocenters. The van der Waals surface area contributed by atoms with Crippen molar-refractivity contribution in [2.75, 3.05) is 7.11 Å². The molecule has 0 bridgehead atoms. The van der Waals surface area contributed by atoms with E-state index in [4.69, 9.17) is 4.74 Å². The SMILES string of the molecule is COCc1ccc(C(O)c2ccc3[nH]ccc3c2)cc1. The van der Waals surface area contributed by atoms with Crippen LogP contribution in [0.1, 0.15) is 22.8 Å². The van der Waals surface area contributed by atoms with E-state index in [1.54, 1.807) is 7.11 Å². The number of methoxy groups -OCH3 is 1. The van der Waals surface area contributed by atoms with Gasteiger partial charge in [-0.3, -0.25) is 0 Å². The number of hydrogen-bond acceptors (Lipinski definition) is 2. The molecule has 0 fully saturated rings. The van der Waals surface area contributed by atoms with Crippen molar-refractivity contribution in [2.45, 2.75) is 12.7 Å². The highest BCUT2D eigenvalue weighted by Gasteiger charge is 2.11. The maximum absolute atomic E-state index is 10.5. The zero-order valence-corrected chi connectivity index (χ0v) is 11.3. The second-order valence-electron chi connectivity index (χ2n) is 4.90. The lowest BCUT2D eigenvalue weighted by Gasteiger charge is -2.12. The molecule has 0 amide bonds. The van der Waals surface area contributed by atoms with Gasteiger partial charge in [-0.25, -0.2) is 0 Å². The number of aromatic amines is 1. The van der Waals surface area contributed by atoms with Crippen molar-refractivity contribution in [1.82, 2.24) is 4.98 Å². The lowest BCUT2D eigenvalue weighted by atomic mass is 9.99. The van der Waals surface area contributed by atoms with Crippen LogP contribution in [0.2, 0.25) is 0 Å². The van der Waals surface area contributed by atoms with Gasteiger partial charge in [0.05, 0.1) is 6.61 Å². The van der Waals surface area contributed by atoms with Crippen LogP contribution in [-0.2, 0) is 11.3 Å². The van der Waals surface area contributed by atoms with Crippen LogP contribution >= 0.6 is 0 Å². The lowest BCUT2D eigenvalue weighted by Crippen LogP contribution is -2.00. The normalized spacial score (nSPS) is 12.7. The number of nitrogens with one attached hydrogen (secondary N) is 1. The molecular formula is C17H17NO2. The molecule has 0 spiro atoms. The van der Waals surface area contributed by atoms with Gasteiger partial charge in [0.2, 0.25) is 0 Å². The van der Waals surface area contributed by atoms with Crippen molar-refractivity contribution in [3.05, 3.63) is 71.4 Å². The van der Waals surface area contributed by atoms with Crippen molar-refractivity contribution < 1.29 is 9.84 Å². The molecule has 3 heteroatoms. The summed E-state index contributed by atoms with van der Waals surface area (Å²) in [7, 11) is 1.68. The maximum atomic E-state index is 10.5.